The second kappa shape index (κ2) is 5.36. The van der Waals surface area contributed by atoms with E-state index in [4.69, 9.17) is 5.73 Å². The molecule has 0 radical (unpaired) electrons. The van der Waals surface area contributed by atoms with Crippen molar-refractivity contribution in [1.82, 2.24) is 4.90 Å². The molecule has 0 saturated carbocycles. The highest BCUT2D eigenvalue weighted by molar-refractivity contribution is 5.94. The highest BCUT2D eigenvalue weighted by atomic mass is 16.3. The zero-order valence-corrected chi connectivity index (χ0v) is 8.81. The van der Waals surface area contributed by atoms with Crippen LogP contribution in [0.1, 0.15) is 16.8 Å². The van der Waals surface area contributed by atoms with Crippen molar-refractivity contribution in [2.45, 2.75) is 6.42 Å². The minimum absolute atomic E-state index is 0.0978. The van der Waals surface area contributed by atoms with Crippen LogP contribution >= 0.6 is 0 Å². The standard InChI is InChI=1S/C11H16N2O2/c1-13(7-3-6-12)11(15)9-4-2-5-10(14)8-9/h2,4-5,8,14H,3,6-7,12H2,1H3. The topological polar surface area (TPSA) is 66.6 Å². The Balaban J connectivity index is 2.67. The van der Waals surface area contributed by atoms with E-state index in [1.807, 2.05) is 0 Å². The summed E-state index contributed by atoms with van der Waals surface area (Å²) < 4.78 is 0. The van der Waals surface area contributed by atoms with Crippen molar-refractivity contribution in [2.24, 2.45) is 5.73 Å². The highest BCUT2D eigenvalue weighted by Gasteiger charge is 2.10. The van der Waals surface area contributed by atoms with Gasteiger partial charge in [-0.3, -0.25) is 4.79 Å². The molecule has 0 spiro atoms. The van der Waals surface area contributed by atoms with Crippen LogP contribution in [0.5, 0.6) is 5.75 Å². The number of phenolic OH excluding ortho intramolecular Hbond substituents is 1. The lowest BCUT2D eigenvalue weighted by atomic mass is 10.2. The summed E-state index contributed by atoms with van der Waals surface area (Å²) in [6, 6.07) is 6.33. The Hall–Kier alpha value is -1.55. The first-order chi connectivity index (χ1) is 7.15. The molecule has 0 bridgehead atoms. The molecule has 3 N–H and O–H groups in total. The fraction of sp³-hybridized carbons (Fsp3) is 0.364. The van der Waals surface area contributed by atoms with Gasteiger partial charge in [0.2, 0.25) is 0 Å². The summed E-state index contributed by atoms with van der Waals surface area (Å²) >= 11 is 0. The molecule has 0 aliphatic heterocycles. The average Bonchev–Trinajstić information content (AvgIpc) is 2.24. The number of hydrogen-bond acceptors (Lipinski definition) is 3. The maximum absolute atomic E-state index is 11.8. The maximum atomic E-state index is 11.8. The van der Waals surface area contributed by atoms with Gasteiger partial charge in [0.25, 0.3) is 5.91 Å². The smallest absolute Gasteiger partial charge is 0.253 e. The first-order valence-electron chi connectivity index (χ1n) is 4.89. The number of benzene rings is 1. The summed E-state index contributed by atoms with van der Waals surface area (Å²) in [6.45, 7) is 1.20. The number of nitrogens with two attached hydrogens (primary N) is 1. The Kier molecular flexibility index (Phi) is 4.12. The predicted molar refractivity (Wildman–Crippen MR) is 58.7 cm³/mol. The predicted octanol–water partition coefficient (Wildman–Crippen LogP) is 0.813. The van der Waals surface area contributed by atoms with Crippen molar-refractivity contribution in [1.29, 1.82) is 0 Å². The number of aromatic hydroxyl groups is 1. The lowest BCUT2D eigenvalue weighted by molar-refractivity contribution is 0.0794. The number of amides is 1. The SMILES string of the molecule is CN(CCCN)C(=O)c1cccc(O)c1. The molecule has 82 valence electrons. The maximum Gasteiger partial charge on any atom is 0.253 e. The summed E-state index contributed by atoms with van der Waals surface area (Å²) in [5.41, 5.74) is 5.86. The van der Waals surface area contributed by atoms with E-state index in [9.17, 15) is 9.90 Å². The van der Waals surface area contributed by atoms with Crippen LogP contribution in [0.25, 0.3) is 0 Å². The molecule has 0 saturated heterocycles. The van der Waals surface area contributed by atoms with Gasteiger partial charge in [0, 0.05) is 19.2 Å². The molecule has 4 nitrogen and oxygen atoms in total. The van der Waals surface area contributed by atoms with E-state index in [-0.39, 0.29) is 11.7 Å². The quantitative estimate of drug-likeness (QED) is 0.769. The molecule has 0 unspecified atom stereocenters. The second-order valence-electron chi connectivity index (χ2n) is 3.42. The van der Waals surface area contributed by atoms with Crippen LogP contribution in [-0.2, 0) is 0 Å². The number of carbonyl (C=O) groups excluding carboxylic acids is 1. The zero-order valence-electron chi connectivity index (χ0n) is 8.81. The van der Waals surface area contributed by atoms with Gasteiger partial charge in [-0.25, -0.2) is 0 Å². The second-order valence-corrected chi connectivity index (χ2v) is 3.42. The van der Waals surface area contributed by atoms with Gasteiger partial charge in [-0.2, -0.15) is 0 Å². The molecule has 0 aliphatic rings. The van der Waals surface area contributed by atoms with E-state index in [0.717, 1.165) is 6.42 Å². The van der Waals surface area contributed by atoms with Crippen LogP contribution in [0.4, 0.5) is 0 Å². The Labute approximate surface area is 89.3 Å². The average molecular weight is 208 g/mol. The Bertz CT molecular complexity index is 339. The molecule has 0 fully saturated rings. The molecule has 1 aromatic rings. The van der Waals surface area contributed by atoms with E-state index in [1.54, 1.807) is 24.1 Å². The van der Waals surface area contributed by atoms with E-state index >= 15 is 0 Å². The molecular formula is C11H16N2O2. The minimum Gasteiger partial charge on any atom is -0.508 e. The monoisotopic (exact) mass is 208 g/mol. The molecule has 15 heavy (non-hydrogen) atoms. The first kappa shape index (κ1) is 11.5. The highest BCUT2D eigenvalue weighted by Crippen LogP contribution is 2.12. The summed E-state index contributed by atoms with van der Waals surface area (Å²) in [7, 11) is 1.72. The minimum atomic E-state index is -0.0978. The molecule has 0 aromatic heterocycles. The van der Waals surface area contributed by atoms with Crippen molar-refractivity contribution < 1.29 is 9.90 Å². The number of carbonyl (C=O) groups is 1. The van der Waals surface area contributed by atoms with Crippen LogP contribution in [0.3, 0.4) is 0 Å². The third kappa shape index (κ3) is 3.25. The van der Waals surface area contributed by atoms with E-state index in [2.05, 4.69) is 0 Å². The van der Waals surface area contributed by atoms with Gasteiger partial charge >= 0.3 is 0 Å². The van der Waals surface area contributed by atoms with Crippen molar-refractivity contribution >= 4 is 5.91 Å². The van der Waals surface area contributed by atoms with E-state index < -0.39 is 0 Å². The van der Waals surface area contributed by atoms with Crippen LogP contribution in [0.15, 0.2) is 24.3 Å². The van der Waals surface area contributed by atoms with Crippen LogP contribution in [-0.4, -0.2) is 36.1 Å². The van der Waals surface area contributed by atoms with Crippen molar-refractivity contribution in [2.75, 3.05) is 20.1 Å². The molecule has 1 rings (SSSR count). The molecule has 1 aromatic carbocycles. The van der Waals surface area contributed by atoms with Gasteiger partial charge in [-0.1, -0.05) is 6.07 Å². The molecule has 4 heteroatoms. The number of rotatable bonds is 4. The van der Waals surface area contributed by atoms with Crippen molar-refractivity contribution in [3.05, 3.63) is 29.8 Å². The van der Waals surface area contributed by atoms with Crippen LogP contribution in [0, 0.1) is 0 Å². The van der Waals surface area contributed by atoms with Gasteiger partial charge in [0.1, 0.15) is 5.75 Å². The first-order valence-corrected chi connectivity index (χ1v) is 4.89. The van der Waals surface area contributed by atoms with Gasteiger partial charge < -0.3 is 15.7 Å². The Morgan fingerprint density at radius 3 is 2.87 bits per heavy atom. The number of nitrogens with zero attached hydrogens (tertiary/aromatic N) is 1. The Morgan fingerprint density at radius 1 is 1.53 bits per heavy atom. The fourth-order valence-corrected chi connectivity index (χ4v) is 1.29. The molecule has 0 aliphatic carbocycles. The number of phenols is 1. The lowest BCUT2D eigenvalue weighted by Crippen LogP contribution is -2.28. The van der Waals surface area contributed by atoms with Gasteiger partial charge in [0.15, 0.2) is 0 Å². The third-order valence-electron chi connectivity index (χ3n) is 2.14. The summed E-state index contributed by atoms with van der Waals surface area (Å²) in [6.07, 6.45) is 0.779. The van der Waals surface area contributed by atoms with Gasteiger partial charge in [-0.05, 0) is 31.2 Å². The fourth-order valence-electron chi connectivity index (χ4n) is 1.29. The van der Waals surface area contributed by atoms with E-state index in [0.29, 0.717) is 18.7 Å². The summed E-state index contributed by atoms with van der Waals surface area (Å²) in [5.74, 6) is 0.00687. The van der Waals surface area contributed by atoms with Crippen molar-refractivity contribution in [3.8, 4) is 5.75 Å². The van der Waals surface area contributed by atoms with E-state index in [1.165, 1.54) is 12.1 Å². The van der Waals surface area contributed by atoms with Gasteiger partial charge in [-0.15, -0.1) is 0 Å². The van der Waals surface area contributed by atoms with Crippen molar-refractivity contribution in [3.63, 3.8) is 0 Å². The molecule has 0 heterocycles. The zero-order chi connectivity index (χ0) is 11.3. The number of hydrogen-bond donors (Lipinski definition) is 2. The normalized spacial score (nSPS) is 10.0. The largest absolute Gasteiger partial charge is 0.508 e. The third-order valence-corrected chi connectivity index (χ3v) is 2.14. The Morgan fingerprint density at radius 2 is 2.27 bits per heavy atom. The lowest BCUT2D eigenvalue weighted by Gasteiger charge is -2.16. The van der Waals surface area contributed by atoms with Gasteiger partial charge in [0.05, 0.1) is 0 Å². The molecule has 1 amide bonds. The van der Waals surface area contributed by atoms with Crippen LogP contribution < -0.4 is 5.73 Å². The summed E-state index contributed by atoms with van der Waals surface area (Å²) in [5, 5.41) is 9.23. The van der Waals surface area contributed by atoms with Crippen LogP contribution in [0.2, 0.25) is 0 Å². The summed E-state index contributed by atoms with van der Waals surface area (Å²) in [4.78, 5) is 13.4. The molecular weight excluding hydrogens is 192 g/mol. The molecule has 0 atom stereocenters.